The Morgan fingerprint density at radius 1 is 0.971 bits per heavy atom. The highest BCUT2D eigenvalue weighted by atomic mass is 32.2. The number of carbonyl (C=O) groups is 2. The van der Waals surface area contributed by atoms with E-state index in [2.05, 4.69) is 4.74 Å². The molecule has 0 fully saturated rings. The summed E-state index contributed by atoms with van der Waals surface area (Å²) in [5.41, 5.74) is 0.470. The van der Waals surface area contributed by atoms with Crippen LogP contribution in [0, 0.1) is 0 Å². The Morgan fingerprint density at radius 2 is 1.79 bits per heavy atom. The van der Waals surface area contributed by atoms with Crippen LogP contribution in [0.15, 0.2) is 80.9 Å². The predicted molar refractivity (Wildman–Crippen MR) is 127 cm³/mol. The van der Waals surface area contributed by atoms with Crippen LogP contribution in [0.3, 0.4) is 0 Å². The third-order valence-electron chi connectivity index (χ3n) is 4.75. The quantitative estimate of drug-likeness (QED) is 0.232. The van der Waals surface area contributed by atoms with Gasteiger partial charge in [0.25, 0.3) is 5.91 Å². The van der Waals surface area contributed by atoms with E-state index in [1.54, 1.807) is 47.4 Å². The Morgan fingerprint density at radius 3 is 2.50 bits per heavy atom. The van der Waals surface area contributed by atoms with Crippen molar-refractivity contribution in [3.8, 4) is 5.75 Å². The number of nitrogens with zero attached hydrogens (tertiary/aromatic N) is 1. The van der Waals surface area contributed by atoms with Crippen LogP contribution >= 0.6 is 22.7 Å². The highest BCUT2D eigenvalue weighted by molar-refractivity contribution is 7.87. The normalized spacial score (nSPS) is 11.2. The maximum atomic E-state index is 13.2. The van der Waals surface area contributed by atoms with E-state index in [4.69, 9.17) is 8.60 Å². The van der Waals surface area contributed by atoms with Crippen molar-refractivity contribution in [2.75, 3.05) is 7.11 Å². The number of benzene rings is 1. The molecule has 176 valence electrons. The van der Waals surface area contributed by atoms with Crippen LogP contribution in [-0.4, -0.2) is 32.3 Å². The van der Waals surface area contributed by atoms with Gasteiger partial charge in [0.05, 0.1) is 31.3 Å². The van der Waals surface area contributed by atoms with Gasteiger partial charge in [0.2, 0.25) is 0 Å². The van der Waals surface area contributed by atoms with Gasteiger partial charge in [-0.05, 0) is 41.1 Å². The van der Waals surface area contributed by atoms with E-state index in [0.29, 0.717) is 16.2 Å². The van der Waals surface area contributed by atoms with E-state index in [9.17, 15) is 18.0 Å². The molecular formula is C23H19NO7S3. The summed E-state index contributed by atoms with van der Waals surface area (Å²) in [4.78, 5) is 26.9. The van der Waals surface area contributed by atoms with Crippen LogP contribution in [0.1, 0.15) is 30.7 Å². The Hall–Kier alpha value is -3.41. The van der Waals surface area contributed by atoms with Crippen LogP contribution in [0.25, 0.3) is 0 Å². The number of thiophene rings is 2. The molecule has 34 heavy (non-hydrogen) atoms. The van der Waals surface area contributed by atoms with Crippen molar-refractivity contribution in [1.82, 2.24) is 4.90 Å². The third kappa shape index (κ3) is 5.22. The van der Waals surface area contributed by atoms with Gasteiger partial charge in [0.15, 0.2) is 0 Å². The second kappa shape index (κ2) is 10.2. The third-order valence-corrected chi connectivity index (χ3v) is 7.91. The highest BCUT2D eigenvalue weighted by Crippen LogP contribution is 2.29. The molecule has 8 nitrogen and oxygen atoms in total. The number of esters is 1. The number of para-hydroxylation sites is 1. The Labute approximate surface area is 204 Å². The first-order valence-electron chi connectivity index (χ1n) is 9.92. The monoisotopic (exact) mass is 517 g/mol. The summed E-state index contributed by atoms with van der Waals surface area (Å²) in [6, 6.07) is 14.8. The summed E-state index contributed by atoms with van der Waals surface area (Å²) >= 11 is 2.25. The van der Waals surface area contributed by atoms with Gasteiger partial charge in [0.1, 0.15) is 21.3 Å². The Kier molecular flexibility index (Phi) is 7.15. The highest BCUT2D eigenvalue weighted by Gasteiger charge is 2.28. The molecule has 1 amide bonds. The fraction of sp³-hybridized carbons (Fsp3) is 0.130. The largest absolute Gasteiger partial charge is 0.467 e. The van der Waals surface area contributed by atoms with E-state index in [1.165, 1.54) is 42.2 Å². The molecule has 11 heteroatoms. The van der Waals surface area contributed by atoms with Crippen molar-refractivity contribution in [3.05, 3.63) is 92.7 Å². The number of hydrogen-bond acceptors (Lipinski definition) is 9. The fourth-order valence-electron chi connectivity index (χ4n) is 3.17. The summed E-state index contributed by atoms with van der Waals surface area (Å²) < 4.78 is 41.5. The number of hydrogen-bond donors (Lipinski definition) is 0. The van der Waals surface area contributed by atoms with Gasteiger partial charge < -0.3 is 18.2 Å². The molecule has 0 radical (unpaired) electrons. The summed E-state index contributed by atoms with van der Waals surface area (Å²) in [6.45, 7) is 0.248. The molecule has 3 aromatic heterocycles. The molecule has 3 heterocycles. The van der Waals surface area contributed by atoms with Gasteiger partial charge in [-0.15, -0.1) is 22.7 Å². The zero-order valence-electron chi connectivity index (χ0n) is 17.9. The molecule has 0 saturated carbocycles. The summed E-state index contributed by atoms with van der Waals surface area (Å²) in [5, 5.41) is 3.28. The maximum Gasteiger partial charge on any atom is 0.349 e. The predicted octanol–water partition coefficient (Wildman–Crippen LogP) is 4.80. The van der Waals surface area contributed by atoms with Gasteiger partial charge in [0, 0.05) is 5.56 Å². The first-order valence-corrected chi connectivity index (χ1v) is 13.1. The lowest BCUT2D eigenvalue weighted by Gasteiger charge is -2.22. The van der Waals surface area contributed by atoms with Crippen LogP contribution < -0.4 is 4.18 Å². The SMILES string of the molecule is COC(=O)c1sccc1S(=O)(=O)Oc1ccccc1CN(Cc1ccco1)C(=O)c1cccs1. The first kappa shape index (κ1) is 23.7. The molecule has 0 unspecified atom stereocenters. The minimum absolute atomic E-state index is 0.0490. The zero-order chi connectivity index (χ0) is 24.1. The van der Waals surface area contributed by atoms with Gasteiger partial charge in [-0.3, -0.25) is 4.79 Å². The van der Waals surface area contributed by atoms with Crippen molar-refractivity contribution in [3.63, 3.8) is 0 Å². The smallest absolute Gasteiger partial charge is 0.349 e. The van der Waals surface area contributed by atoms with E-state index < -0.39 is 16.1 Å². The lowest BCUT2D eigenvalue weighted by atomic mass is 10.2. The molecule has 0 aliphatic heterocycles. The summed E-state index contributed by atoms with van der Waals surface area (Å²) in [7, 11) is -3.16. The van der Waals surface area contributed by atoms with Crippen LogP contribution in [0.4, 0.5) is 0 Å². The van der Waals surface area contributed by atoms with Crippen molar-refractivity contribution >= 4 is 44.7 Å². The molecule has 4 rings (SSSR count). The molecular weight excluding hydrogens is 498 g/mol. The van der Waals surface area contributed by atoms with Gasteiger partial charge in [-0.1, -0.05) is 24.3 Å². The van der Waals surface area contributed by atoms with Crippen LogP contribution in [0.5, 0.6) is 5.75 Å². The van der Waals surface area contributed by atoms with Gasteiger partial charge in [-0.25, -0.2) is 4.79 Å². The number of furan rings is 1. The second-order valence-electron chi connectivity index (χ2n) is 6.97. The van der Waals surface area contributed by atoms with Crippen molar-refractivity contribution < 1.29 is 31.3 Å². The fourth-order valence-corrected chi connectivity index (χ4v) is 6.13. The number of ether oxygens (including phenoxy) is 1. The molecule has 0 atom stereocenters. The molecule has 0 bridgehead atoms. The van der Waals surface area contributed by atoms with E-state index in [-0.39, 0.29) is 34.5 Å². The minimum atomic E-state index is -4.34. The molecule has 4 aromatic rings. The van der Waals surface area contributed by atoms with Crippen molar-refractivity contribution in [1.29, 1.82) is 0 Å². The van der Waals surface area contributed by atoms with Crippen molar-refractivity contribution in [2.45, 2.75) is 18.0 Å². The molecule has 0 aliphatic rings. The first-order chi connectivity index (χ1) is 16.4. The van der Waals surface area contributed by atoms with Gasteiger partial charge in [-0.2, -0.15) is 8.42 Å². The van der Waals surface area contributed by atoms with E-state index in [0.717, 1.165) is 11.3 Å². The van der Waals surface area contributed by atoms with Crippen LogP contribution in [0.2, 0.25) is 0 Å². The molecule has 0 N–H and O–H groups in total. The summed E-state index contributed by atoms with van der Waals surface area (Å²) in [6.07, 6.45) is 1.52. The zero-order valence-corrected chi connectivity index (χ0v) is 20.3. The summed E-state index contributed by atoms with van der Waals surface area (Å²) in [5.74, 6) is -0.364. The molecule has 0 spiro atoms. The van der Waals surface area contributed by atoms with E-state index >= 15 is 0 Å². The van der Waals surface area contributed by atoms with Crippen molar-refractivity contribution in [2.24, 2.45) is 0 Å². The number of methoxy groups -OCH3 is 1. The second-order valence-corrected chi connectivity index (χ2v) is 10.3. The molecule has 0 aliphatic carbocycles. The maximum absolute atomic E-state index is 13.2. The lowest BCUT2D eigenvalue weighted by Crippen LogP contribution is -2.29. The number of amides is 1. The Balaban J connectivity index is 1.63. The number of rotatable bonds is 9. The average molecular weight is 518 g/mol. The minimum Gasteiger partial charge on any atom is -0.467 e. The Bertz CT molecular complexity index is 1370. The molecule has 1 aromatic carbocycles. The van der Waals surface area contributed by atoms with E-state index in [1.807, 2.05) is 5.38 Å². The topological polar surface area (TPSA) is 103 Å². The number of carbonyl (C=O) groups excluding carboxylic acids is 2. The molecule has 0 saturated heterocycles. The standard InChI is InChI=1S/C23H19NO7S3/c1-29-23(26)21-20(10-13-33-21)34(27,28)31-18-8-3-2-6-16(18)14-24(15-17-7-4-11-30-17)22(25)19-9-5-12-32-19/h2-13H,14-15H2,1H3. The average Bonchev–Trinajstić information content (AvgIpc) is 3.61. The lowest BCUT2D eigenvalue weighted by molar-refractivity contribution is 0.0601. The van der Waals surface area contributed by atoms with Crippen LogP contribution in [-0.2, 0) is 27.9 Å². The van der Waals surface area contributed by atoms with Gasteiger partial charge >= 0.3 is 16.1 Å².